The number of aliphatic hydroxyl groups excluding tert-OH is 3. The molecular weight excluding hydrogens is 440 g/mol. The van der Waals surface area contributed by atoms with Gasteiger partial charge >= 0.3 is 5.97 Å². The van der Waals surface area contributed by atoms with Crippen LogP contribution >= 0.6 is 0 Å². The maximum Gasteiger partial charge on any atom is 0.335 e. The highest BCUT2D eigenvalue weighted by Gasteiger charge is 2.48. The van der Waals surface area contributed by atoms with Crippen molar-refractivity contribution < 1.29 is 50.4 Å². The molecule has 0 bridgehead atoms. The number of anilines is 1. The summed E-state index contributed by atoms with van der Waals surface area (Å²) in [4.78, 5) is 34.6. The van der Waals surface area contributed by atoms with Gasteiger partial charge in [-0.05, 0) is 38.5 Å². The van der Waals surface area contributed by atoms with Crippen LogP contribution in [0.4, 0.5) is 5.69 Å². The summed E-state index contributed by atoms with van der Waals surface area (Å²) >= 11 is 0. The van der Waals surface area contributed by atoms with Crippen molar-refractivity contribution in [2.75, 3.05) is 11.9 Å². The first kappa shape index (κ1) is 24.9. The Hall–Kier alpha value is -2.77. The third-order valence-corrected chi connectivity index (χ3v) is 4.68. The quantitative estimate of drug-likeness (QED) is 0.251. The fourth-order valence-electron chi connectivity index (χ4n) is 3.02. The number of rotatable bonds is 9. The topological polar surface area (TPSA) is 184 Å². The number of benzene rings is 1. The van der Waals surface area contributed by atoms with Crippen LogP contribution in [0.25, 0.3) is 0 Å². The maximum absolute atomic E-state index is 12.5. The minimum absolute atomic E-state index is 0.0464. The second-order valence-corrected chi connectivity index (χ2v) is 8.53. The van der Waals surface area contributed by atoms with E-state index in [1.54, 1.807) is 0 Å². The molecule has 2 rings (SSSR count). The summed E-state index contributed by atoms with van der Waals surface area (Å²) in [6, 6.07) is 4.20. The number of amides is 1. The van der Waals surface area contributed by atoms with E-state index in [2.05, 4.69) is 15.4 Å². The lowest BCUT2D eigenvalue weighted by molar-refractivity contribution is -0.271. The molecule has 0 aromatic heterocycles. The van der Waals surface area contributed by atoms with Crippen LogP contribution in [0.3, 0.4) is 0 Å². The van der Waals surface area contributed by atoms with E-state index in [1.165, 1.54) is 18.2 Å². The van der Waals surface area contributed by atoms with Crippen LogP contribution in [0.2, 0.25) is 0 Å². The van der Waals surface area contributed by atoms with Crippen molar-refractivity contribution in [3.8, 4) is 5.75 Å². The molecule has 0 radical (unpaired) electrons. The van der Waals surface area contributed by atoms with E-state index in [0.717, 1.165) is 0 Å². The molecule has 0 spiro atoms. The number of hydrogen-bond donors (Lipinski definition) is 6. The van der Waals surface area contributed by atoms with E-state index in [0.29, 0.717) is 12.1 Å². The molecule has 33 heavy (non-hydrogen) atoms. The summed E-state index contributed by atoms with van der Waals surface area (Å²) in [5, 5.41) is 45.0. The van der Waals surface area contributed by atoms with Crippen LogP contribution in [0.15, 0.2) is 18.2 Å². The van der Waals surface area contributed by atoms with Gasteiger partial charge < -0.3 is 45.3 Å². The fraction of sp³-hybridized carbons (Fsp3) is 0.571. The molecule has 5 atom stereocenters. The first-order valence-electron chi connectivity index (χ1n) is 10.7. The second kappa shape index (κ2) is 11.4. The van der Waals surface area contributed by atoms with Gasteiger partial charge in [-0.2, -0.15) is 0 Å². The van der Waals surface area contributed by atoms with Gasteiger partial charge in [-0.3, -0.25) is 9.59 Å². The molecule has 1 aliphatic heterocycles. The fourth-order valence-corrected chi connectivity index (χ4v) is 3.02. The van der Waals surface area contributed by atoms with E-state index < -0.39 is 49.0 Å². The number of aliphatic carboxylic acids is 1. The smallest absolute Gasteiger partial charge is 0.335 e. The predicted molar refractivity (Wildman–Crippen MR) is 113 cm³/mol. The number of aliphatic hydroxyl groups is 3. The lowest BCUT2D eigenvalue weighted by Gasteiger charge is -2.38. The summed E-state index contributed by atoms with van der Waals surface area (Å²) < 4.78 is 22.2. The maximum atomic E-state index is 12.5. The molecule has 1 heterocycles. The van der Waals surface area contributed by atoms with E-state index in [-0.39, 0.29) is 30.0 Å². The average molecular weight is 471 g/mol. The van der Waals surface area contributed by atoms with E-state index in [4.69, 9.17) is 10.8 Å². The molecule has 1 aromatic rings. The summed E-state index contributed by atoms with van der Waals surface area (Å²) in [5.41, 5.74) is 0.289. The SMILES string of the molecule is [2H]C(=O)OCc1ccc(OC2OC(C(=O)O)C(O)[C@H](O)[C@@H]2O)c(NC(=O)CCNC(C)(C)C)c1. The Morgan fingerprint density at radius 3 is 2.52 bits per heavy atom. The number of carbonyl (C=O) groups excluding carboxylic acids is 2. The monoisotopic (exact) mass is 471 g/mol. The van der Waals surface area contributed by atoms with E-state index in [9.17, 15) is 34.8 Å². The number of carbonyl (C=O) groups is 3. The van der Waals surface area contributed by atoms with Gasteiger partial charge in [0.05, 0.1) is 5.69 Å². The number of carboxylic acids is 1. The van der Waals surface area contributed by atoms with Gasteiger partial charge in [0.15, 0.2) is 7.47 Å². The minimum atomic E-state index is -1.89. The van der Waals surface area contributed by atoms with Gasteiger partial charge in [0.25, 0.3) is 6.45 Å². The van der Waals surface area contributed by atoms with Crippen LogP contribution in [0.1, 0.15) is 34.1 Å². The van der Waals surface area contributed by atoms with Crippen molar-refractivity contribution in [2.24, 2.45) is 0 Å². The molecule has 1 saturated heterocycles. The highest BCUT2D eigenvalue weighted by atomic mass is 16.7. The van der Waals surface area contributed by atoms with Gasteiger partial charge in [0, 0.05) is 18.5 Å². The van der Waals surface area contributed by atoms with Crippen LogP contribution in [-0.2, 0) is 30.5 Å². The molecule has 3 unspecified atom stereocenters. The van der Waals surface area contributed by atoms with E-state index >= 15 is 0 Å². The van der Waals surface area contributed by atoms with Gasteiger partial charge in [-0.15, -0.1) is 0 Å². The molecule has 1 amide bonds. The van der Waals surface area contributed by atoms with Gasteiger partial charge in [-0.1, -0.05) is 6.07 Å². The normalized spacial score (nSPS) is 25.6. The zero-order chi connectivity index (χ0) is 25.6. The van der Waals surface area contributed by atoms with Crippen LogP contribution in [0, 0.1) is 0 Å². The zero-order valence-corrected chi connectivity index (χ0v) is 18.5. The molecule has 0 aliphatic carbocycles. The molecule has 12 nitrogen and oxygen atoms in total. The highest BCUT2D eigenvalue weighted by Crippen LogP contribution is 2.31. The first-order chi connectivity index (χ1) is 15.8. The largest absolute Gasteiger partial charge is 0.479 e. The van der Waals surface area contributed by atoms with Crippen molar-refractivity contribution in [3.63, 3.8) is 0 Å². The first-order valence-corrected chi connectivity index (χ1v) is 10.2. The van der Waals surface area contributed by atoms with Crippen molar-refractivity contribution in [1.82, 2.24) is 5.32 Å². The molecule has 1 fully saturated rings. The Balaban J connectivity index is 2.23. The van der Waals surface area contributed by atoms with Crippen LogP contribution < -0.4 is 15.4 Å². The number of nitrogens with one attached hydrogen (secondary N) is 2. The summed E-state index contributed by atoms with van der Waals surface area (Å²) in [6.07, 6.45) is -10.2. The number of carboxylic acid groups (broad SMARTS) is 1. The number of ether oxygens (including phenoxy) is 3. The Labute approximate surface area is 191 Å². The standard InChI is InChI=1S/C21H30N2O10/c1-21(2,3)22-7-6-14(25)23-12-8-11(9-31-10-24)4-5-13(12)32-20-17(28)15(26)16(27)18(33-20)19(29)30/h4-5,8,10,15-18,20,22,26-28H,6-7,9H2,1-3H3,(H,23,25)(H,29,30)/t15-,16?,17-,18?,20?/m0/s1/i10D. The number of hydrogen-bond acceptors (Lipinski definition) is 10. The molecule has 1 aliphatic rings. The third-order valence-electron chi connectivity index (χ3n) is 4.68. The Bertz CT molecular complexity index is 891. The van der Waals surface area contributed by atoms with Crippen molar-refractivity contribution in [2.45, 2.75) is 70.0 Å². The molecule has 6 N–H and O–H groups in total. The van der Waals surface area contributed by atoms with Crippen LogP contribution in [-0.4, -0.2) is 81.5 Å². The highest BCUT2D eigenvalue weighted by molar-refractivity contribution is 5.92. The van der Waals surface area contributed by atoms with Gasteiger partial charge in [-0.25, -0.2) is 4.79 Å². The second-order valence-electron chi connectivity index (χ2n) is 8.53. The zero-order valence-electron chi connectivity index (χ0n) is 19.5. The van der Waals surface area contributed by atoms with Crippen molar-refractivity contribution in [1.29, 1.82) is 0 Å². The average Bonchev–Trinajstić information content (AvgIpc) is 2.72. The van der Waals surface area contributed by atoms with Crippen molar-refractivity contribution >= 4 is 24.0 Å². The lowest BCUT2D eigenvalue weighted by Crippen LogP contribution is -2.61. The van der Waals surface area contributed by atoms with Gasteiger partial charge in [0.1, 0.15) is 30.7 Å². The molecule has 0 saturated carbocycles. The Morgan fingerprint density at radius 2 is 1.91 bits per heavy atom. The van der Waals surface area contributed by atoms with Gasteiger partial charge in [0.2, 0.25) is 12.2 Å². The third kappa shape index (κ3) is 7.65. The lowest BCUT2D eigenvalue weighted by atomic mass is 9.99. The molecule has 184 valence electrons. The predicted octanol–water partition coefficient (Wildman–Crippen LogP) is -0.653. The minimum Gasteiger partial charge on any atom is -0.479 e. The molecule has 1 aromatic carbocycles. The van der Waals surface area contributed by atoms with E-state index in [1.807, 2.05) is 20.8 Å². The summed E-state index contributed by atoms with van der Waals surface area (Å²) in [5.74, 6) is -2.02. The van der Waals surface area contributed by atoms with Crippen LogP contribution in [0.5, 0.6) is 5.75 Å². The Morgan fingerprint density at radius 1 is 1.21 bits per heavy atom. The molecular formula is C21H30N2O10. The Kier molecular flexibility index (Phi) is 8.58. The summed E-state index contributed by atoms with van der Waals surface area (Å²) in [7, 11) is 0. The summed E-state index contributed by atoms with van der Waals surface area (Å²) in [6.45, 7) is 5.94. The molecule has 12 heteroatoms. The van der Waals surface area contributed by atoms with Crippen molar-refractivity contribution in [3.05, 3.63) is 23.8 Å².